The van der Waals surface area contributed by atoms with E-state index in [1.165, 1.54) is 21.8 Å². The van der Waals surface area contributed by atoms with E-state index >= 15 is 0 Å². The number of rotatable bonds is 3. The third-order valence-corrected chi connectivity index (χ3v) is 9.20. The Kier molecular flexibility index (Phi) is 5.25. The van der Waals surface area contributed by atoms with E-state index in [1.807, 2.05) is 36.4 Å². The molecule has 0 aliphatic carbocycles. The van der Waals surface area contributed by atoms with Crippen LogP contribution in [0.25, 0.3) is 82.9 Å². The Morgan fingerprint density at radius 2 is 1.13 bits per heavy atom. The van der Waals surface area contributed by atoms with Crippen LogP contribution in [0.2, 0.25) is 0 Å². The fourth-order valence-electron chi connectivity index (χ4n) is 7.15. The zero-order valence-electron chi connectivity index (χ0n) is 24.7. The molecule has 0 unspecified atom stereocenters. The molecule has 2 aromatic heterocycles. The number of nitrogens with zero attached hydrogens (tertiary/aromatic N) is 3. The fraction of sp³-hybridized carbons (Fsp3) is 0. The first kappa shape index (κ1) is 25.1. The van der Waals surface area contributed by atoms with Gasteiger partial charge in [0.05, 0.1) is 27.9 Å². The van der Waals surface area contributed by atoms with Crippen LogP contribution in [-0.4, -0.2) is 14.5 Å². The van der Waals surface area contributed by atoms with Crippen molar-refractivity contribution in [2.24, 2.45) is 0 Å². The van der Waals surface area contributed by atoms with E-state index in [4.69, 9.17) is 14.7 Å². The maximum atomic E-state index is 6.60. The molecule has 0 saturated heterocycles. The molecule has 0 saturated carbocycles. The monoisotopic (exact) mass is 587 g/mol. The van der Waals surface area contributed by atoms with Crippen molar-refractivity contribution >= 4 is 43.5 Å². The van der Waals surface area contributed by atoms with Crippen molar-refractivity contribution in [3.05, 3.63) is 152 Å². The standard InChI is InChI=1S/C42H25N3O/c1-2-11-26(12-3-1)41-31-15-4-7-18-34(31)43-42(44-41)27-21-23-38-33(25-27)30-16-10-17-32-37(22-24-39(46-38)40(30)32)45-35-19-8-5-13-28(35)29-14-6-9-20-36(29)45/h1-25H. The van der Waals surface area contributed by atoms with Crippen LogP contribution in [0.4, 0.5) is 0 Å². The van der Waals surface area contributed by atoms with Gasteiger partial charge in [-0.2, -0.15) is 0 Å². The Balaban J connectivity index is 1.19. The van der Waals surface area contributed by atoms with E-state index in [0.717, 1.165) is 66.8 Å². The average Bonchev–Trinajstić information content (AvgIpc) is 3.46. The smallest absolute Gasteiger partial charge is 0.160 e. The molecule has 46 heavy (non-hydrogen) atoms. The number of fused-ring (bicyclic) bond motifs is 6. The highest BCUT2D eigenvalue weighted by molar-refractivity contribution is 6.13. The summed E-state index contributed by atoms with van der Waals surface area (Å²) >= 11 is 0. The third kappa shape index (κ3) is 3.61. The second-order valence-electron chi connectivity index (χ2n) is 11.8. The molecule has 7 aromatic carbocycles. The second kappa shape index (κ2) is 9.62. The molecule has 0 radical (unpaired) electrons. The summed E-state index contributed by atoms with van der Waals surface area (Å²) in [5, 5.41) is 5.78. The Bertz CT molecular complexity index is 2620. The van der Waals surface area contributed by atoms with Gasteiger partial charge in [-0.3, -0.25) is 0 Å². The Hall–Kier alpha value is -6.26. The van der Waals surface area contributed by atoms with E-state index in [-0.39, 0.29) is 0 Å². The average molecular weight is 588 g/mol. The molecule has 0 spiro atoms. The largest absolute Gasteiger partial charge is 0.456 e. The van der Waals surface area contributed by atoms with Gasteiger partial charge in [-0.05, 0) is 54.1 Å². The quantitative estimate of drug-likeness (QED) is 0.206. The van der Waals surface area contributed by atoms with Gasteiger partial charge in [-0.15, -0.1) is 0 Å². The summed E-state index contributed by atoms with van der Waals surface area (Å²) in [6.45, 7) is 0. The van der Waals surface area contributed by atoms with E-state index in [2.05, 4.69) is 120 Å². The summed E-state index contributed by atoms with van der Waals surface area (Å²) in [6, 6.07) is 53.0. The Labute approximate surface area is 264 Å². The lowest BCUT2D eigenvalue weighted by molar-refractivity contribution is 0.487. The highest BCUT2D eigenvalue weighted by Gasteiger charge is 2.24. The minimum Gasteiger partial charge on any atom is -0.456 e. The molecule has 1 aliphatic rings. The molecule has 0 bridgehead atoms. The number of hydrogen-bond acceptors (Lipinski definition) is 3. The van der Waals surface area contributed by atoms with Crippen molar-refractivity contribution in [2.75, 3.05) is 0 Å². The van der Waals surface area contributed by atoms with Crippen molar-refractivity contribution in [1.82, 2.24) is 14.5 Å². The molecule has 0 N–H and O–H groups in total. The highest BCUT2D eigenvalue weighted by atomic mass is 16.5. The molecular weight excluding hydrogens is 562 g/mol. The van der Waals surface area contributed by atoms with Gasteiger partial charge in [0.1, 0.15) is 11.5 Å². The van der Waals surface area contributed by atoms with Gasteiger partial charge in [0, 0.05) is 43.6 Å². The van der Waals surface area contributed by atoms with Gasteiger partial charge in [-0.1, -0.05) is 103 Å². The van der Waals surface area contributed by atoms with Crippen molar-refractivity contribution in [3.63, 3.8) is 0 Å². The van der Waals surface area contributed by atoms with Crippen LogP contribution >= 0.6 is 0 Å². The van der Waals surface area contributed by atoms with Crippen LogP contribution < -0.4 is 4.74 Å². The van der Waals surface area contributed by atoms with Crippen LogP contribution in [-0.2, 0) is 0 Å². The summed E-state index contributed by atoms with van der Waals surface area (Å²) in [4.78, 5) is 10.2. The maximum Gasteiger partial charge on any atom is 0.160 e. The topological polar surface area (TPSA) is 39.9 Å². The first-order chi connectivity index (χ1) is 22.8. The number of para-hydroxylation sites is 3. The Morgan fingerprint density at radius 3 is 1.93 bits per heavy atom. The lowest BCUT2D eigenvalue weighted by Crippen LogP contribution is -2.02. The SMILES string of the molecule is c1ccc(-c2nc(-c3ccc4c(c3)-c3cccc5c(-n6c7ccccc7c7ccccc76)ccc(c35)O4)nc3ccccc23)cc1. The molecule has 0 atom stereocenters. The van der Waals surface area contributed by atoms with Crippen LogP contribution in [0, 0.1) is 0 Å². The molecule has 1 aliphatic heterocycles. The van der Waals surface area contributed by atoms with E-state index in [9.17, 15) is 0 Å². The molecular formula is C42H25N3O. The lowest BCUT2D eigenvalue weighted by atomic mass is 9.92. The van der Waals surface area contributed by atoms with Crippen LogP contribution in [0.3, 0.4) is 0 Å². The molecule has 3 heterocycles. The maximum absolute atomic E-state index is 6.60. The predicted molar refractivity (Wildman–Crippen MR) is 188 cm³/mol. The minimum atomic E-state index is 0.692. The molecule has 10 rings (SSSR count). The van der Waals surface area contributed by atoms with E-state index in [0.29, 0.717) is 5.82 Å². The van der Waals surface area contributed by atoms with Crippen molar-refractivity contribution < 1.29 is 4.74 Å². The number of aromatic nitrogens is 3. The van der Waals surface area contributed by atoms with Crippen molar-refractivity contribution in [2.45, 2.75) is 0 Å². The zero-order valence-corrected chi connectivity index (χ0v) is 24.7. The number of ether oxygens (including phenoxy) is 1. The van der Waals surface area contributed by atoms with Gasteiger partial charge < -0.3 is 9.30 Å². The first-order valence-electron chi connectivity index (χ1n) is 15.5. The second-order valence-corrected chi connectivity index (χ2v) is 11.8. The molecule has 4 nitrogen and oxygen atoms in total. The fourth-order valence-corrected chi connectivity index (χ4v) is 7.15. The molecule has 4 heteroatoms. The highest BCUT2D eigenvalue weighted by Crippen LogP contribution is 2.49. The van der Waals surface area contributed by atoms with Crippen molar-refractivity contribution in [3.8, 4) is 51.0 Å². The summed E-state index contributed by atoms with van der Waals surface area (Å²) < 4.78 is 8.98. The summed E-state index contributed by atoms with van der Waals surface area (Å²) in [5.41, 5.74) is 9.55. The van der Waals surface area contributed by atoms with Gasteiger partial charge in [-0.25, -0.2) is 9.97 Å². The van der Waals surface area contributed by atoms with E-state index < -0.39 is 0 Å². The van der Waals surface area contributed by atoms with Gasteiger partial charge in [0.25, 0.3) is 0 Å². The number of hydrogen-bond donors (Lipinski definition) is 0. The van der Waals surface area contributed by atoms with Crippen LogP contribution in [0.1, 0.15) is 0 Å². The normalized spacial score (nSPS) is 12.1. The third-order valence-electron chi connectivity index (χ3n) is 9.20. The van der Waals surface area contributed by atoms with Gasteiger partial charge in [0.15, 0.2) is 5.82 Å². The Morgan fingerprint density at radius 1 is 0.457 bits per heavy atom. The molecule has 0 amide bonds. The molecule has 214 valence electrons. The summed E-state index contributed by atoms with van der Waals surface area (Å²) in [6.07, 6.45) is 0. The van der Waals surface area contributed by atoms with Crippen LogP contribution in [0.5, 0.6) is 11.5 Å². The van der Waals surface area contributed by atoms with Crippen molar-refractivity contribution in [1.29, 1.82) is 0 Å². The molecule has 0 fully saturated rings. The van der Waals surface area contributed by atoms with Crippen LogP contribution in [0.15, 0.2) is 152 Å². The summed E-state index contributed by atoms with van der Waals surface area (Å²) in [7, 11) is 0. The predicted octanol–water partition coefficient (Wildman–Crippen LogP) is 11.0. The molecule has 9 aromatic rings. The first-order valence-corrected chi connectivity index (χ1v) is 15.5. The van der Waals surface area contributed by atoms with Gasteiger partial charge >= 0.3 is 0 Å². The zero-order chi connectivity index (χ0) is 30.2. The van der Waals surface area contributed by atoms with Gasteiger partial charge in [0.2, 0.25) is 0 Å². The lowest BCUT2D eigenvalue weighted by Gasteiger charge is -2.23. The van der Waals surface area contributed by atoms with E-state index in [1.54, 1.807) is 0 Å². The summed E-state index contributed by atoms with van der Waals surface area (Å²) in [5.74, 6) is 2.39. The number of benzene rings is 7. The minimum absolute atomic E-state index is 0.692.